The van der Waals surface area contributed by atoms with Gasteiger partial charge in [0.25, 0.3) is 10.0 Å². The van der Waals surface area contributed by atoms with Crippen molar-refractivity contribution in [2.45, 2.75) is 50.2 Å². The second-order valence-corrected chi connectivity index (χ2v) is 14.3. The zero-order valence-corrected chi connectivity index (χ0v) is 29.3. The zero-order valence-electron chi connectivity index (χ0n) is 26.9. The quantitative estimate of drug-likeness (QED) is 0.165. The van der Waals surface area contributed by atoms with Gasteiger partial charge in [-0.25, -0.2) is 12.8 Å². The minimum Gasteiger partial charge on any atom is -0.486 e. The van der Waals surface area contributed by atoms with Crippen LogP contribution in [-0.4, -0.2) is 57.0 Å². The van der Waals surface area contributed by atoms with Gasteiger partial charge in [0.05, 0.1) is 10.6 Å². The summed E-state index contributed by atoms with van der Waals surface area (Å²) in [7, 11) is -4.46. The first-order valence-electron chi connectivity index (χ1n) is 15.7. The smallest absolute Gasteiger partial charge is 0.264 e. The van der Waals surface area contributed by atoms with Crippen molar-refractivity contribution in [1.29, 1.82) is 0 Å². The molecule has 0 fully saturated rings. The first-order chi connectivity index (χ1) is 23.5. The molecule has 0 aliphatic carbocycles. The minimum atomic E-state index is -4.46. The van der Waals surface area contributed by atoms with E-state index in [0.717, 1.165) is 22.0 Å². The molecule has 0 radical (unpaired) electrons. The fraction of sp³-hybridized carbons (Fsp3) is 0.278. The predicted octanol–water partition coefficient (Wildman–Crippen LogP) is 6.65. The molecule has 0 saturated heterocycles. The van der Waals surface area contributed by atoms with Crippen LogP contribution in [0.2, 0.25) is 10.0 Å². The van der Waals surface area contributed by atoms with Gasteiger partial charge in [-0.3, -0.25) is 13.9 Å². The van der Waals surface area contributed by atoms with E-state index in [1.807, 2.05) is 44.2 Å². The van der Waals surface area contributed by atoms with Gasteiger partial charge in [-0.05, 0) is 73.0 Å². The molecule has 0 aromatic heterocycles. The van der Waals surface area contributed by atoms with Crippen LogP contribution in [0.15, 0.2) is 95.9 Å². The van der Waals surface area contributed by atoms with Crippen LogP contribution in [0.5, 0.6) is 11.5 Å². The van der Waals surface area contributed by atoms with Gasteiger partial charge in [0.2, 0.25) is 11.8 Å². The highest BCUT2D eigenvalue weighted by molar-refractivity contribution is 7.92. The van der Waals surface area contributed by atoms with Crippen LogP contribution in [0.25, 0.3) is 0 Å². The summed E-state index contributed by atoms with van der Waals surface area (Å²) in [6.45, 7) is 3.47. The highest BCUT2D eigenvalue weighted by Crippen LogP contribution is 2.34. The first-order valence-corrected chi connectivity index (χ1v) is 17.9. The van der Waals surface area contributed by atoms with Crippen LogP contribution >= 0.6 is 23.2 Å². The third-order valence-electron chi connectivity index (χ3n) is 8.12. The Morgan fingerprint density at radius 1 is 0.918 bits per heavy atom. The third kappa shape index (κ3) is 8.83. The van der Waals surface area contributed by atoms with E-state index in [-0.39, 0.29) is 47.0 Å². The molecular formula is C36H36Cl2FN3O6S. The van der Waals surface area contributed by atoms with Crippen molar-refractivity contribution in [3.8, 4) is 11.5 Å². The normalized spacial score (nSPS) is 13.7. The summed E-state index contributed by atoms with van der Waals surface area (Å²) >= 11 is 12.7. The Balaban J connectivity index is 1.59. The van der Waals surface area contributed by atoms with E-state index < -0.39 is 40.2 Å². The maximum absolute atomic E-state index is 14.6. The van der Waals surface area contributed by atoms with E-state index in [0.29, 0.717) is 29.4 Å². The summed E-state index contributed by atoms with van der Waals surface area (Å²) in [5.41, 5.74) is 1.32. The standard InChI is InChI=1S/C36H36Cl2FN3O6S/c1-3-24(2)40-36(44)32(19-25-7-5-4-6-8-25)41(22-26-9-10-27(37)20-31(26)38)35(43)23-42(29-13-11-28(39)12-14-29)49(45,46)30-15-16-33-34(21-30)48-18-17-47-33/h4-16,20-21,24,32H,3,17-19,22-23H2,1-2H3,(H,40,44)/t24-,32-/m0/s1. The van der Waals surface area contributed by atoms with E-state index in [9.17, 15) is 22.4 Å². The number of carbonyl (C=O) groups is 2. The molecule has 5 rings (SSSR count). The van der Waals surface area contributed by atoms with Crippen LogP contribution in [0.1, 0.15) is 31.4 Å². The first kappa shape index (κ1) is 36.0. The molecule has 0 bridgehead atoms. The second kappa shape index (κ2) is 15.9. The zero-order chi connectivity index (χ0) is 35.1. The molecule has 1 aliphatic heterocycles. The number of sulfonamides is 1. The number of amides is 2. The molecule has 9 nitrogen and oxygen atoms in total. The number of ether oxygens (including phenoxy) is 2. The fourth-order valence-corrected chi connectivity index (χ4v) is 7.17. The molecule has 258 valence electrons. The lowest BCUT2D eigenvalue weighted by Crippen LogP contribution is -2.54. The Bertz CT molecular complexity index is 1900. The molecule has 1 aliphatic rings. The van der Waals surface area contributed by atoms with E-state index >= 15 is 0 Å². The number of anilines is 1. The number of carbonyl (C=O) groups excluding carboxylic acids is 2. The van der Waals surface area contributed by atoms with Gasteiger partial charge in [-0.2, -0.15) is 0 Å². The van der Waals surface area contributed by atoms with E-state index in [1.165, 1.54) is 41.3 Å². The Morgan fingerprint density at radius 2 is 1.61 bits per heavy atom. The Hall–Kier alpha value is -4.32. The Morgan fingerprint density at radius 3 is 2.29 bits per heavy atom. The molecule has 0 unspecified atom stereocenters. The maximum Gasteiger partial charge on any atom is 0.264 e. The average Bonchev–Trinajstić information content (AvgIpc) is 3.10. The Kier molecular flexibility index (Phi) is 11.7. The predicted molar refractivity (Wildman–Crippen MR) is 187 cm³/mol. The number of hydrogen-bond acceptors (Lipinski definition) is 6. The van der Waals surface area contributed by atoms with Gasteiger partial charge in [-0.1, -0.05) is 66.5 Å². The molecular weight excluding hydrogens is 692 g/mol. The SMILES string of the molecule is CC[C@H](C)NC(=O)[C@H](Cc1ccccc1)N(Cc1ccc(Cl)cc1Cl)C(=O)CN(c1ccc(F)cc1)S(=O)(=O)c1ccc2c(c1)OCCO2. The van der Waals surface area contributed by atoms with Gasteiger partial charge in [0.15, 0.2) is 11.5 Å². The lowest BCUT2D eigenvalue weighted by atomic mass is 10.0. The van der Waals surface area contributed by atoms with Crippen LogP contribution in [0, 0.1) is 5.82 Å². The minimum absolute atomic E-state index is 0.0396. The molecule has 4 aromatic carbocycles. The molecule has 0 spiro atoms. The molecule has 13 heteroatoms. The third-order valence-corrected chi connectivity index (χ3v) is 10.5. The van der Waals surface area contributed by atoms with E-state index in [1.54, 1.807) is 12.1 Å². The summed E-state index contributed by atoms with van der Waals surface area (Å²) in [5.74, 6) is -1.08. The highest BCUT2D eigenvalue weighted by atomic mass is 35.5. The summed E-state index contributed by atoms with van der Waals surface area (Å²) < 4.78 is 54.8. The number of halogens is 3. The summed E-state index contributed by atoms with van der Waals surface area (Å²) in [4.78, 5) is 29.8. The lowest BCUT2D eigenvalue weighted by Gasteiger charge is -2.34. The molecule has 49 heavy (non-hydrogen) atoms. The molecule has 1 N–H and O–H groups in total. The van der Waals surface area contributed by atoms with Crippen molar-refractivity contribution >= 4 is 50.7 Å². The van der Waals surface area contributed by atoms with Gasteiger partial charge in [0.1, 0.15) is 31.6 Å². The van der Waals surface area contributed by atoms with Crippen molar-refractivity contribution in [3.05, 3.63) is 118 Å². The highest BCUT2D eigenvalue weighted by Gasteiger charge is 2.35. The van der Waals surface area contributed by atoms with Crippen molar-refractivity contribution in [1.82, 2.24) is 10.2 Å². The van der Waals surface area contributed by atoms with Gasteiger partial charge in [-0.15, -0.1) is 0 Å². The molecule has 4 aromatic rings. The number of benzene rings is 4. The topological polar surface area (TPSA) is 105 Å². The fourth-order valence-electron chi connectivity index (χ4n) is 5.28. The molecule has 2 amide bonds. The van der Waals surface area contributed by atoms with Crippen molar-refractivity contribution in [3.63, 3.8) is 0 Å². The number of nitrogens with one attached hydrogen (secondary N) is 1. The van der Waals surface area contributed by atoms with Gasteiger partial charge >= 0.3 is 0 Å². The summed E-state index contributed by atoms with van der Waals surface area (Å²) in [5, 5.41) is 3.64. The van der Waals surface area contributed by atoms with Gasteiger partial charge in [0, 0.05) is 35.1 Å². The van der Waals surface area contributed by atoms with Crippen molar-refractivity contribution in [2.24, 2.45) is 0 Å². The summed E-state index contributed by atoms with van der Waals surface area (Å²) in [6, 6.07) is 21.7. The molecule has 0 saturated carbocycles. The van der Waals surface area contributed by atoms with Crippen LogP contribution in [0.4, 0.5) is 10.1 Å². The maximum atomic E-state index is 14.6. The lowest BCUT2D eigenvalue weighted by molar-refractivity contribution is -0.140. The number of nitrogens with zero attached hydrogens (tertiary/aromatic N) is 2. The number of fused-ring (bicyclic) bond motifs is 1. The largest absolute Gasteiger partial charge is 0.486 e. The van der Waals surface area contributed by atoms with Crippen LogP contribution in [-0.2, 0) is 32.6 Å². The van der Waals surface area contributed by atoms with Crippen molar-refractivity contribution in [2.75, 3.05) is 24.1 Å². The number of rotatable bonds is 13. The van der Waals surface area contributed by atoms with Crippen molar-refractivity contribution < 1.29 is 31.9 Å². The van der Waals surface area contributed by atoms with Crippen LogP contribution < -0.4 is 19.1 Å². The Labute approximate surface area is 295 Å². The number of hydrogen-bond donors (Lipinski definition) is 1. The summed E-state index contributed by atoms with van der Waals surface area (Å²) in [6.07, 6.45) is 0.776. The van der Waals surface area contributed by atoms with E-state index in [2.05, 4.69) is 5.32 Å². The molecule has 1 heterocycles. The van der Waals surface area contributed by atoms with Gasteiger partial charge < -0.3 is 19.7 Å². The van der Waals surface area contributed by atoms with E-state index in [4.69, 9.17) is 32.7 Å². The second-order valence-electron chi connectivity index (χ2n) is 11.6. The van der Waals surface area contributed by atoms with Crippen LogP contribution in [0.3, 0.4) is 0 Å². The average molecular weight is 729 g/mol. The molecule has 2 atom stereocenters. The monoisotopic (exact) mass is 727 g/mol.